The van der Waals surface area contributed by atoms with Gasteiger partial charge in [-0.2, -0.15) is 0 Å². The summed E-state index contributed by atoms with van der Waals surface area (Å²) in [5, 5.41) is 8.29. The summed E-state index contributed by atoms with van der Waals surface area (Å²) in [5.41, 5.74) is 2.75. The highest BCUT2D eigenvalue weighted by Crippen LogP contribution is 2.36. The molecule has 200 valence electrons. The SMILES string of the molecule is C=C(/C=C\C(=C/C)NCCF)CCNC(=O)C[C@@H]1C(=O)Nc2c#cccc2N1S(=O)(=O)c1ccc(C)cc1. The van der Waals surface area contributed by atoms with Crippen LogP contribution in [0.15, 0.2) is 77.4 Å². The van der Waals surface area contributed by atoms with Gasteiger partial charge in [0, 0.05) is 18.8 Å². The van der Waals surface area contributed by atoms with Crippen LogP contribution >= 0.6 is 0 Å². The molecule has 1 heterocycles. The topological polar surface area (TPSA) is 108 Å². The fourth-order valence-corrected chi connectivity index (χ4v) is 5.41. The Balaban J connectivity index is 1.71. The number of hydrogen-bond acceptors (Lipinski definition) is 5. The van der Waals surface area contributed by atoms with Crippen molar-refractivity contribution in [3.05, 3.63) is 90.2 Å². The zero-order valence-corrected chi connectivity index (χ0v) is 22.2. The van der Waals surface area contributed by atoms with E-state index in [2.05, 4.69) is 34.7 Å². The third kappa shape index (κ3) is 7.01. The zero-order chi connectivity index (χ0) is 27.7. The Hall–Kier alpha value is -4.10. The molecule has 8 nitrogen and oxygen atoms in total. The van der Waals surface area contributed by atoms with Crippen LogP contribution < -0.4 is 20.3 Å². The monoisotopic (exact) mass is 538 g/mol. The first-order valence-electron chi connectivity index (χ1n) is 12.1. The van der Waals surface area contributed by atoms with Crippen molar-refractivity contribution in [2.24, 2.45) is 0 Å². The van der Waals surface area contributed by atoms with Gasteiger partial charge in [0.15, 0.2) is 0 Å². The summed E-state index contributed by atoms with van der Waals surface area (Å²) < 4.78 is 40.7. The second-order valence-electron chi connectivity index (χ2n) is 8.64. The second kappa shape index (κ2) is 12.9. The number of hydrogen-bond donors (Lipinski definition) is 3. The Labute approximate surface area is 223 Å². The minimum atomic E-state index is -4.18. The average Bonchev–Trinajstić information content (AvgIpc) is 2.89. The zero-order valence-electron chi connectivity index (χ0n) is 21.4. The summed E-state index contributed by atoms with van der Waals surface area (Å²) in [5.74, 6) is -1.12. The molecule has 2 amide bonds. The molecule has 0 fully saturated rings. The minimum Gasteiger partial charge on any atom is -0.383 e. The van der Waals surface area contributed by atoms with Gasteiger partial charge in [0.1, 0.15) is 18.4 Å². The molecule has 3 rings (SSSR count). The molecule has 1 aliphatic rings. The number of fused-ring (bicyclic) bond motifs is 1. The van der Waals surface area contributed by atoms with Gasteiger partial charge in [-0.3, -0.25) is 13.9 Å². The predicted octanol–water partition coefficient (Wildman–Crippen LogP) is 3.58. The van der Waals surface area contributed by atoms with Crippen molar-refractivity contribution >= 4 is 33.2 Å². The number of aryl methyl sites for hydroxylation is 1. The molecular weight excluding hydrogens is 507 g/mol. The Kier molecular flexibility index (Phi) is 9.68. The van der Waals surface area contributed by atoms with Crippen LogP contribution in [0.4, 0.5) is 15.8 Å². The smallest absolute Gasteiger partial charge is 0.265 e. The maximum absolute atomic E-state index is 13.7. The quantitative estimate of drug-likeness (QED) is 0.358. The largest absolute Gasteiger partial charge is 0.383 e. The lowest BCUT2D eigenvalue weighted by atomic mass is 10.1. The van der Waals surface area contributed by atoms with Crippen LogP contribution in [-0.2, 0) is 19.6 Å². The normalized spacial score (nSPS) is 15.4. The molecular formula is C28H31FN4O4S. The summed E-state index contributed by atoms with van der Waals surface area (Å²) in [6, 6.07) is 13.4. The number of alkyl halides is 1. The molecule has 0 saturated heterocycles. The van der Waals surface area contributed by atoms with Crippen molar-refractivity contribution in [3.63, 3.8) is 0 Å². The summed E-state index contributed by atoms with van der Waals surface area (Å²) in [4.78, 5) is 25.8. The van der Waals surface area contributed by atoms with Crippen LogP contribution in [0.2, 0.25) is 0 Å². The van der Waals surface area contributed by atoms with Crippen molar-refractivity contribution in [3.8, 4) is 0 Å². The number of carbonyl (C=O) groups is 2. The highest BCUT2D eigenvalue weighted by Gasteiger charge is 2.42. The molecule has 0 aromatic heterocycles. The number of nitrogens with zero attached hydrogens (tertiary/aromatic N) is 1. The van der Waals surface area contributed by atoms with Gasteiger partial charge < -0.3 is 16.0 Å². The minimum absolute atomic E-state index is 0.00609. The molecule has 3 N–H and O–H groups in total. The number of rotatable bonds is 12. The van der Waals surface area contributed by atoms with E-state index in [1.54, 1.807) is 30.4 Å². The average molecular weight is 539 g/mol. The van der Waals surface area contributed by atoms with E-state index in [1.807, 2.05) is 13.8 Å². The first-order chi connectivity index (χ1) is 18.2. The molecule has 0 unspecified atom stereocenters. The van der Waals surface area contributed by atoms with Crippen LogP contribution in [-0.4, -0.2) is 46.0 Å². The number of allylic oxidation sites excluding steroid dienone is 3. The highest BCUT2D eigenvalue weighted by atomic mass is 32.2. The van der Waals surface area contributed by atoms with Gasteiger partial charge in [-0.25, -0.2) is 12.8 Å². The third-order valence-electron chi connectivity index (χ3n) is 5.81. The number of anilines is 2. The molecule has 0 spiro atoms. The Morgan fingerprint density at radius 3 is 2.61 bits per heavy atom. The van der Waals surface area contributed by atoms with E-state index in [4.69, 9.17) is 0 Å². The molecule has 0 radical (unpaired) electrons. The number of halogens is 1. The molecule has 0 bridgehead atoms. The van der Waals surface area contributed by atoms with E-state index in [0.717, 1.165) is 21.1 Å². The lowest BCUT2D eigenvalue weighted by Gasteiger charge is -2.35. The van der Waals surface area contributed by atoms with Gasteiger partial charge in [0.25, 0.3) is 10.0 Å². The molecule has 0 saturated carbocycles. The Morgan fingerprint density at radius 2 is 1.92 bits per heavy atom. The van der Waals surface area contributed by atoms with Crippen LogP contribution in [0.25, 0.3) is 0 Å². The van der Waals surface area contributed by atoms with Crippen molar-refractivity contribution in [1.82, 2.24) is 10.6 Å². The van der Waals surface area contributed by atoms with E-state index < -0.39 is 34.6 Å². The predicted molar refractivity (Wildman–Crippen MR) is 146 cm³/mol. The van der Waals surface area contributed by atoms with Gasteiger partial charge in [-0.15, -0.1) is 0 Å². The number of amides is 2. The molecule has 38 heavy (non-hydrogen) atoms. The summed E-state index contributed by atoms with van der Waals surface area (Å²) >= 11 is 0. The third-order valence-corrected chi connectivity index (χ3v) is 7.64. The van der Waals surface area contributed by atoms with Crippen molar-refractivity contribution in [2.45, 2.75) is 37.6 Å². The summed E-state index contributed by atoms with van der Waals surface area (Å²) in [6.07, 6.45) is 5.39. The van der Waals surface area contributed by atoms with Crippen molar-refractivity contribution in [1.29, 1.82) is 0 Å². The van der Waals surface area contributed by atoms with E-state index in [1.165, 1.54) is 24.3 Å². The fourth-order valence-electron chi connectivity index (χ4n) is 3.79. The van der Waals surface area contributed by atoms with Crippen molar-refractivity contribution in [2.75, 3.05) is 29.4 Å². The van der Waals surface area contributed by atoms with Gasteiger partial charge in [0.2, 0.25) is 11.8 Å². The standard InChI is InChI=1S/C28H31FN4O4S/c1-4-22(30-18-16-29)12-9-21(3)15-17-31-27(34)19-26-28(35)32-24-7-5-6-8-25(24)33(26)38(36,37)23-13-10-20(2)11-14-23/h4,6,8-14,26,30H,3,15-19H2,1-2H3,(H,31,34)(H,32,35)/b12-9-,22-4+/t26-/m1/s1. The van der Waals surface area contributed by atoms with E-state index in [0.29, 0.717) is 6.42 Å². The number of carbonyl (C=O) groups excluding carboxylic acids is 2. The number of benzene rings is 1. The van der Waals surface area contributed by atoms with Crippen LogP contribution in [0, 0.1) is 19.1 Å². The van der Waals surface area contributed by atoms with E-state index in [-0.39, 0.29) is 35.8 Å². The van der Waals surface area contributed by atoms with Gasteiger partial charge in [-0.1, -0.05) is 48.1 Å². The molecule has 0 aliphatic carbocycles. The number of sulfonamides is 1. The van der Waals surface area contributed by atoms with E-state index in [9.17, 15) is 22.4 Å². The number of nitrogens with one attached hydrogen (secondary N) is 3. The van der Waals surface area contributed by atoms with Crippen LogP contribution in [0.5, 0.6) is 0 Å². The molecule has 2 aromatic rings. The lowest BCUT2D eigenvalue weighted by Crippen LogP contribution is -2.52. The van der Waals surface area contributed by atoms with Gasteiger partial charge in [-0.05, 0) is 56.7 Å². The molecule has 2 aromatic carbocycles. The molecule has 1 aliphatic heterocycles. The first-order valence-corrected chi connectivity index (χ1v) is 13.5. The molecule has 1 atom stereocenters. The van der Waals surface area contributed by atoms with Gasteiger partial charge >= 0.3 is 0 Å². The van der Waals surface area contributed by atoms with E-state index >= 15 is 0 Å². The Bertz CT molecular complexity index is 1340. The Morgan fingerprint density at radius 1 is 1.18 bits per heavy atom. The highest BCUT2D eigenvalue weighted by molar-refractivity contribution is 7.93. The summed E-state index contributed by atoms with van der Waals surface area (Å²) in [6.45, 7) is 7.58. The maximum Gasteiger partial charge on any atom is 0.265 e. The van der Waals surface area contributed by atoms with Crippen LogP contribution in [0.3, 0.4) is 0 Å². The lowest BCUT2D eigenvalue weighted by molar-refractivity contribution is -0.125. The first kappa shape index (κ1) is 28.5. The van der Waals surface area contributed by atoms with Gasteiger partial charge in [0.05, 0.1) is 17.0 Å². The van der Waals surface area contributed by atoms with Crippen molar-refractivity contribution < 1.29 is 22.4 Å². The maximum atomic E-state index is 13.7. The second-order valence-corrected chi connectivity index (χ2v) is 10.5. The summed E-state index contributed by atoms with van der Waals surface area (Å²) in [7, 11) is -4.18. The van der Waals surface area contributed by atoms with Crippen LogP contribution in [0.1, 0.15) is 25.3 Å². The fraction of sp³-hybridized carbons (Fsp3) is 0.286. The molecule has 10 heteroatoms.